The molecule has 1 unspecified atom stereocenters. The lowest BCUT2D eigenvalue weighted by atomic mass is 9.87. The fraction of sp³-hybridized carbons (Fsp3) is 0.158. The summed E-state index contributed by atoms with van der Waals surface area (Å²) in [7, 11) is 0. The van der Waals surface area contributed by atoms with Crippen molar-refractivity contribution in [2.75, 3.05) is 6.61 Å². The molecule has 3 aromatic rings. The van der Waals surface area contributed by atoms with Crippen molar-refractivity contribution in [1.29, 1.82) is 0 Å². The van der Waals surface area contributed by atoms with Gasteiger partial charge in [0.05, 0.1) is 6.61 Å². The number of hydrogen-bond acceptors (Lipinski definition) is 2. The van der Waals surface area contributed by atoms with E-state index in [1.165, 1.54) is 0 Å². The minimum atomic E-state index is -0.971. The van der Waals surface area contributed by atoms with Crippen LogP contribution < -0.4 is 0 Å². The molecule has 0 aliphatic rings. The summed E-state index contributed by atoms with van der Waals surface area (Å²) in [6, 6.07) is 15.2. The number of halogens is 2. The second-order valence-corrected chi connectivity index (χ2v) is 6.37. The van der Waals surface area contributed by atoms with Crippen molar-refractivity contribution in [2.45, 2.75) is 13.0 Å². The summed E-state index contributed by atoms with van der Waals surface area (Å²) in [5.74, 6) is 0. The maximum Gasteiger partial charge on any atom is 0.103 e. The Bertz CT molecular complexity index is 875. The van der Waals surface area contributed by atoms with Crippen LogP contribution in [0.1, 0.15) is 17.2 Å². The maximum atomic E-state index is 10.3. The minimum absolute atomic E-state index is 0.350. The summed E-state index contributed by atoms with van der Waals surface area (Å²) in [4.78, 5) is 0. The Kier molecular flexibility index (Phi) is 4.60. The van der Waals surface area contributed by atoms with E-state index in [0.29, 0.717) is 15.6 Å². The van der Waals surface area contributed by atoms with Crippen molar-refractivity contribution in [2.24, 2.45) is 0 Å². The predicted octanol–water partition coefficient (Wildman–Crippen LogP) is 5.15. The third-order valence-electron chi connectivity index (χ3n) is 4.00. The molecule has 23 heavy (non-hydrogen) atoms. The van der Waals surface area contributed by atoms with Crippen LogP contribution in [0.2, 0.25) is 10.0 Å². The first-order chi connectivity index (χ1) is 11.0. The number of aliphatic hydroxyl groups excluding tert-OH is 2. The van der Waals surface area contributed by atoms with E-state index in [1.54, 1.807) is 12.1 Å². The molecule has 3 aromatic carbocycles. The van der Waals surface area contributed by atoms with Crippen molar-refractivity contribution >= 4 is 34.0 Å². The van der Waals surface area contributed by atoms with Gasteiger partial charge in [0.15, 0.2) is 0 Å². The quantitative estimate of drug-likeness (QED) is 0.688. The van der Waals surface area contributed by atoms with Gasteiger partial charge in [0, 0.05) is 15.6 Å². The van der Waals surface area contributed by atoms with Crippen LogP contribution in [0.25, 0.3) is 21.9 Å². The zero-order valence-corrected chi connectivity index (χ0v) is 14.1. The molecule has 0 amide bonds. The number of fused-ring (bicyclic) bond motifs is 1. The molecular weight excluding hydrogens is 331 g/mol. The van der Waals surface area contributed by atoms with E-state index in [9.17, 15) is 10.2 Å². The van der Waals surface area contributed by atoms with Gasteiger partial charge in [0.2, 0.25) is 0 Å². The van der Waals surface area contributed by atoms with E-state index in [4.69, 9.17) is 23.2 Å². The van der Waals surface area contributed by atoms with Gasteiger partial charge in [-0.15, -0.1) is 0 Å². The summed E-state index contributed by atoms with van der Waals surface area (Å²) >= 11 is 12.4. The lowest BCUT2D eigenvalue weighted by Crippen LogP contribution is -2.07. The second-order valence-electron chi connectivity index (χ2n) is 5.53. The van der Waals surface area contributed by atoms with E-state index in [1.807, 2.05) is 43.3 Å². The summed E-state index contributed by atoms with van der Waals surface area (Å²) in [5.41, 5.74) is 3.23. The van der Waals surface area contributed by atoms with Gasteiger partial charge < -0.3 is 10.2 Å². The molecule has 0 bridgehead atoms. The molecular formula is C19H16Cl2O2. The highest BCUT2D eigenvalue weighted by Gasteiger charge is 2.20. The first kappa shape index (κ1) is 16.3. The molecule has 0 saturated heterocycles. The first-order valence-corrected chi connectivity index (χ1v) is 8.05. The van der Waals surface area contributed by atoms with Crippen LogP contribution in [0.4, 0.5) is 0 Å². The first-order valence-electron chi connectivity index (χ1n) is 7.29. The molecule has 0 fully saturated rings. The molecule has 0 spiro atoms. The van der Waals surface area contributed by atoms with Crippen LogP contribution in [0.3, 0.4) is 0 Å². The average molecular weight is 347 g/mol. The second kappa shape index (κ2) is 6.50. The van der Waals surface area contributed by atoms with E-state index in [2.05, 4.69) is 0 Å². The third-order valence-corrected chi connectivity index (χ3v) is 4.55. The molecule has 0 heterocycles. The molecule has 3 rings (SSSR count). The predicted molar refractivity (Wildman–Crippen MR) is 96.2 cm³/mol. The van der Waals surface area contributed by atoms with Crippen molar-refractivity contribution in [3.63, 3.8) is 0 Å². The summed E-state index contributed by atoms with van der Waals surface area (Å²) < 4.78 is 0. The highest BCUT2D eigenvalue weighted by Crippen LogP contribution is 2.41. The molecule has 2 N–H and O–H groups in total. The van der Waals surface area contributed by atoms with Crippen molar-refractivity contribution < 1.29 is 10.2 Å². The highest BCUT2D eigenvalue weighted by atomic mass is 35.5. The van der Waals surface area contributed by atoms with Gasteiger partial charge in [-0.2, -0.15) is 0 Å². The number of hydrogen-bond donors (Lipinski definition) is 2. The fourth-order valence-electron chi connectivity index (χ4n) is 3.01. The molecule has 1 atom stereocenters. The number of rotatable bonds is 3. The third kappa shape index (κ3) is 2.96. The van der Waals surface area contributed by atoms with Gasteiger partial charge >= 0.3 is 0 Å². The Morgan fingerprint density at radius 1 is 1.04 bits per heavy atom. The zero-order chi connectivity index (χ0) is 16.6. The topological polar surface area (TPSA) is 40.5 Å². The number of benzene rings is 3. The van der Waals surface area contributed by atoms with Gasteiger partial charge in [0.1, 0.15) is 6.10 Å². The fourth-order valence-corrected chi connectivity index (χ4v) is 3.51. The lowest BCUT2D eigenvalue weighted by molar-refractivity contribution is 0.0956. The van der Waals surface area contributed by atoms with Crippen LogP contribution >= 0.6 is 23.2 Å². The molecule has 4 heteroatoms. The van der Waals surface area contributed by atoms with Gasteiger partial charge in [0.25, 0.3) is 0 Å². The van der Waals surface area contributed by atoms with Gasteiger partial charge in [-0.1, -0.05) is 59.6 Å². The molecule has 0 saturated carbocycles. The Morgan fingerprint density at radius 2 is 1.78 bits per heavy atom. The van der Waals surface area contributed by atoms with Crippen LogP contribution in [0.15, 0.2) is 48.5 Å². The van der Waals surface area contributed by atoms with E-state index >= 15 is 0 Å². The largest absolute Gasteiger partial charge is 0.393 e. The maximum absolute atomic E-state index is 10.3. The summed E-state index contributed by atoms with van der Waals surface area (Å²) in [5, 5.41) is 22.9. The molecule has 0 radical (unpaired) electrons. The molecule has 0 aliphatic heterocycles. The van der Waals surface area contributed by atoms with Crippen LogP contribution in [0, 0.1) is 6.92 Å². The molecule has 0 aliphatic carbocycles. The van der Waals surface area contributed by atoms with Gasteiger partial charge in [-0.25, -0.2) is 0 Å². The van der Waals surface area contributed by atoms with E-state index in [-0.39, 0.29) is 6.61 Å². The minimum Gasteiger partial charge on any atom is -0.393 e. The van der Waals surface area contributed by atoms with E-state index in [0.717, 1.165) is 27.5 Å². The van der Waals surface area contributed by atoms with Gasteiger partial charge in [-0.3, -0.25) is 0 Å². The Balaban J connectivity index is 2.44. The Hall–Kier alpha value is -1.58. The molecule has 2 nitrogen and oxygen atoms in total. The molecule has 118 valence electrons. The van der Waals surface area contributed by atoms with Crippen LogP contribution in [0.5, 0.6) is 0 Å². The Morgan fingerprint density at radius 3 is 2.48 bits per heavy atom. The zero-order valence-electron chi connectivity index (χ0n) is 12.6. The smallest absolute Gasteiger partial charge is 0.103 e. The van der Waals surface area contributed by atoms with Crippen LogP contribution in [-0.4, -0.2) is 16.8 Å². The monoisotopic (exact) mass is 346 g/mol. The van der Waals surface area contributed by atoms with Crippen molar-refractivity contribution in [3.8, 4) is 11.1 Å². The summed E-state index contributed by atoms with van der Waals surface area (Å²) in [6.45, 7) is 1.57. The summed E-state index contributed by atoms with van der Waals surface area (Å²) in [6.07, 6.45) is -0.971. The molecule has 0 aromatic heterocycles. The normalized spacial score (nSPS) is 12.6. The van der Waals surface area contributed by atoms with Crippen LogP contribution in [-0.2, 0) is 0 Å². The number of aryl methyl sites for hydroxylation is 1. The van der Waals surface area contributed by atoms with Crippen molar-refractivity contribution in [1.82, 2.24) is 0 Å². The standard InChI is InChI=1S/C19H16Cl2O2/c1-11-8-12-4-2-3-5-14(12)19(18(11)17(23)10-22)15-7-6-13(20)9-16(15)21/h2-9,17,22-23H,10H2,1H3. The Labute approximate surface area is 144 Å². The number of aliphatic hydroxyl groups is 2. The average Bonchev–Trinajstić information content (AvgIpc) is 2.53. The van der Waals surface area contributed by atoms with Crippen molar-refractivity contribution in [3.05, 3.63) is 69.7 Å². The highest BCUT2D eigenvalue weighted by molar-refractivity contribution is 6.36. The lowest BCUT2D eigenvalue weighted by Gasteiger charge is -2.20. The van der Waals surface area contributed by atoms with E-state index < -0.39 is 6.10 Å². The van der Waals surface area contributed by atoms with Gasteiger partial charge in [-0.05, 0) is 46.5 Å². The SMILES string of the molecule is Cc1cc2ccccc2c(-c2ccc(Cl)cc2Cl)c1C(O)CO.